The highest BCUT2D eigenvalue weighted by atomic mass is 16.9. The first-order valence-corrected chi connectivity index (χ1v) is 9.49. The van der Waals surface area contributed by atoms with E-state index in [1.54, 1.807) is 0 Å². The summed E-state index contributed by atoms with van der Waals surface area (Å²) in [5.74, 6) is 0.809. The number of unbranched alkanes of at least 4 members (excludes halogenated alkanes) is 1. The van der Waals surface area contributed by atoms with Crippen molar-refractivity contribution in [3.63, 3.8) is 0 Å². The first-order valence-electron chi connectivity index (χ1n) is 9.49. The summed E-state index contributed by atoms with van der Waals surface area (Å²) < 4.78 is 0. The van der Waals surface area contributed by atoms with E-state index in [0.717, 1.165) is 71.1 Å². The highest BCUT2D eigenvalue weighted by molar-refractivity contribution is 5.75. The first-order chi connectivity index (χ1) is 12.1. The van der Waals surface area contributed by atoms with Gasteiger partial charge in [-0.05, 0) is 77.4 Å². The Bertz CT molecular complexity index is 407. The molecular weight excluding hydrogens is 322 g/mol. The van der Waals surface area contributed by atoms with Crippen LogP contribution in [0.25, 0.3) is 0 Å². The lowest BCUT2D eigenvalue weighted by atomic mass is 9.92. The summed E-state index contributed by atoms with van der Waals surface area (Å²) in [4.78, 5) is 28.5. The maximum atomic E-state index is 11.7. The number of hydrogen-bond acceptors (Lipinski definition) is 5. The van der Waals surface area contributed by atoms with Gasteiger partial charge in [-0.15, -0.1) is 10.1 Å². The van der Waals surface area contributed by atoms with Crippen molar-refractivity contribution in [2.75, 3.05) is 32.8 Å². The van der Waals surface area contributed by atoms with Gasteiger partial charge in [0.05, 0.1) is 6.61 Å². The molecule has 0 unspecified atom stereocenters. The van der Waals surface area contributed by atoms with Gasteiger partial charge in [-0.1, -0.05) is 12.2 Å². The van der Waals surface area contributed by atoms with Crippen LogP contribution < -0.4 is 5.32 Å². The Morgan fingerprint density at radius 1 is 1.32 bits per heavy atom. The van der Waals surface area contributed by atoms with Crippen molar-refractivity contribution in [3.05, 3.63) is 22.3 Å². The molecule has 1 aliphatic heterocycles. The number of carbonyl (C=O) groups is 1. The maximum Gasteiger partial charge on any atom is 0.294 e. The topological polar surface area (TPSA) is 84.7 Å². The zero-order chi connectivity index (χ0) is 18.3. The van der Waals surface area contributed by atoms with E-state index in [-0.39, 0.29) is 12.5 Å². The van der Waals surface area contributed by atoms with Crippen LogP contribution in [0.4, 0.5) is 0 Å². The predicted molar refractivity (Wildman–Crippen MR) is 97.6 cm³/mol. The van der Waals surface area contributed by atoms with Gasteiger partial charge < -0.3 is 15.1 Å². The number of rotatable bonds is 13. The normalized spacial score (nSPS) is 16.2. The van der Waals surface area contributed by atoms with Crippen molar-refractivity contribution in [2.45, 2.75) is 58.3 Å². The van der Waals surface area contributed by atoms with Crippen LogP contribution in [0.15, 0.2) is 12.2 Å². The standard InChI is InChI=1S/C18H33N3O4/c1-2-3-4-5-9-18(22)19-12-7-13-20-14-10-17(11-15-20)8-6-16-25-21(23)24/h2-3,17H,4-16H2,1H3,(H,19,22). The van der Waals surface area contributed by atoms with Crippen LogP contribution in [-0.4, -0.2) is 48.7 Å². The molecular formula is C18H33N3O4. The van der Waals surface area contributed by atoms with Gasteiger partial charge in [0.2, 0.25) is 5.91 Å². The van der Waals surface area contributed by atoms with Gasteiger partial charge in [0, 0.05) is 13.0 Å². The Hall–Kier alpha value is -1.63. The van der Waals surface area contributed by atoms with Gasteiger partial charge in [-0.2, -0.15) is 0 Å². The summed E-state index contributed by atoms with van der Waals surface area (Å²) in [5, 5.41) is 12.4. The zero-order valence-corrected chi connectivity index (χ0v) is 15.5. The molecule has 1 N–H and O–H groups in total. The fourth-order valence-electron chi connectivity index (χ4n) is 3.18. The molecule has 7 nitrogen and oxygen atoms in total. The van der Waals surface area contributed by atoms with E-state index in [9.17, 15) is 14.9 Å². The van der Waals surface area contributed by atoms with Crippen LogP contribution in [0.2, 0.25) is 0 Å². The SMILES string of the molecule is CC=CCCCC(=O)NCCCN1CCC(CCCO[N+](=O)[O-])CC1. The predicted octanol–water partition coefficient (Wildman–Crippen LogP) is 2.94. The highest BCUT2D eigenvalue weighted by Gasteiger charge is 2.18. The second kappa shape index (κ2) is 13.6. The zero-order valence-electron chi connectivity index (χ0n) is 15.5. The monoisotopic (exact) mass is 355 g/mol. The molecule has 0 aromatic rings. The number of carbonyl (C=O) groups excluding carboxylic acids is 1. The van der Waals surface area contributed by atoms with Gasteiger partial charge in [0.25, 0.3) is 5.09 Å². The van der Waals surface area contributed by atoms with E-state index in [1.165, 1.54) is 0 Å². The molecule has 0 bridgehead atoms. The Kier molecular flexibility index (Phi) is 11.7. The van der Waals surface area contributed by atoms with Crippen molar-refractivity contribution >= 4 is 5.91 Å². The van der Waals surface area contributed by atoms with Crippen molar-refractivity contribution < 1.29 is 14.7 Å². The van der Waals surface area contributed by atoms with Crippen molar-refractivity contribution in [3.8, 4) is 0 Å². The minimum Gasteiger partial charge on any atom is -0.356 e. The molecule has 1 rings (SSSR count). The lowest BCUT2D eigenvalue weighted by Gasteiger charge is -2.32. The molecule has 0 atom stereocenters. The van der Waals surface area contributed by atoms with Crippen LogP contribution >= 0.6 is 0 Å². The summed E-state index contributed by atoms with van der Waals surface area (Å²) in [7, 11) is 0. The Labute approximate surface area is 150 Å². The number of nitrogens with zero attached hydrogens (tertiary/aromatic N) is 2. The average molecular weight is 355 g/mol. The fraction of sp³-hybridized carbons (Fsp3) is 0.833. The molecule has 1 aliphatic rings. The number of nitrogens with one attached hydrogen (secondary N) is 1. The molecule has 25 heavy (non-hydrogen) atoms. The summed E-state index contributed by atoms with van der Waals surface area (Å²) in [6.45, 7) is 6.14. The molecule has 0 radical (unpaired) electrons. The summed E-state index contributed by atoms with van der Waals surface area (Å²) in [6.07, 6.45) is 11.6. The van der Waals surface area contributed by atoms with Gasteiger partial charge in [0.15, 0.2) is 0 Å². The van der Waals surface area contributed by atoms with Crippen molar-refractivity contribution in [1.82, 2.24) is 10.2 Å². The van der Waals surface area contributed by atoms with Crippen LogP contribution in [0.3, 0.4) is 0 Å². The van der Waals surface area contributed by atoms with E-state index in [2.05, 4.69) is 21.1 Å². The Morgan fingerprint density at radius 2 is 2.08 bits per heavy atom. The number of piperidine rings is 1. The molecule has 1 fully saturated rings. The van der Waals surface area contributed by atoms with Gasteiger partial charge in [-0.25, -0.2) is 0 Å². The summed E-state index contributed by atoms with van der Waals surface area (Å²) in [5.41, 5.74) is 0. The Balaban J connectivity index is 1.96. The lowest BCUT2D eigenvalue weighted by molar-refractivity contribution is -0.757. The third kappa shape index (κ3) is 11.5. The van der Waals surface area contributed by atoms with E-state index in [1.807, 2.05) is 13.0 Å². The second-order valence-corrected chi connectivity index (χ2v) is 6.65. The number of amides is 1. The van der Waals surface area contributed by atoms with Gasteiger partial charge >= 0.3 is 0 Å². The van der Waals surface area contributed by atoms with E-state index >= 15 is 0 Å². The molecule has 0 aromatic carbocycles. The number of hydrogen-bond donors (Lipinski definition) is 1. The molecule has 144 valence electrons. The van der Waals surface area contributed by atoms with E-state index in [4.69, 9.17) is 0 Å². The van der Waals surface area contributed by atoms with Crippen LogP contribution in [0.5, 0.6) is 0 Å². The molecule has 0 aromatic heterocycles. The fourth-order valence-corrected chi connectivity index (χ4v) is 3.18. The largest absolute Gasteiger partial charge is 0.356 e. The highest BCUT2D eigenvalue weighted by Crippen LogP contribution is 2.21. The summed E-state index contributed by atoms with van der Waals surface area (Å²) in [6, 6.07) is 0. The van der Waals surface area contributed by atoms with Crippen molar-refractivity contribution in [1.29, 1.82) is 0 Å². The lowest BCUT2D eigenvalue weighted by Crippen LogP contribution is -2.36. The molecule has 0 aliphatic carbocycles. The van der Waals surface area contributed by atoms with Crippen LogP contribution in [-0.2, 0) is 9.63 Å². The van der Waals surface area contributed by atoms with E-state index < -0.39 is 5.09 Å². The van der Waals surface area contributed by atoms with Gasteiger partial charge in [-0.3, -0.25) is 4.79 Å². The smallest absolute Gasteiger partial charge is 0.294 e. The summed E-state index contributed by atoms with van der Waals surface area (Å²) >= 11 is 0. The van der Waals surface area contributed by atoms with Crippen molar-refractivity contribution in [2.24, 2.45) is 5.92 Å². The minimum absolute atomic E-state index is 0.153. The molecule has 0 spiro atoms. The third-order valence-corrected chi connectivity index (χ3v) is 4.64. The van der Waals surface area contributed by atoms with Gasteiger partial charge in [0.1, 0.15) is 0 Å². The number of likely N-dealkylation sites (tertiary alicyclic amines) is 1. The van der Waals surface area contributed by atoms with Crippen LogP contribution in [0.1, 0.15) is 58.3 Å². The molecule has 0 saturated carbocycles. The Morgan fingerprint density at radius 3 is 2.76 bits per heavy atom. The number of allylic oxidation sites excluding steroid dienone is 2. The third-order valence-electron chi connectivity index (χ3n) is 4.64. The molecule has 7 heteroatoms. The van der Waals surface area contributed by atoms with Crippen LogP contribution in [0, 0.1) is 16.0 Å². The maximum absolute atomic E-state index is 11.7. The quantitative estimate of drug-likeness (QED) is 0.238. The first kappa shape index (κ1) is 21.4. The second-order valence-electron chi connectivity index (χ2n) is 6.65. The molecule has 1 heterocycles. The molecule has 1 saturated heterocycles. The average Bonchev–Trinajstić information content (AvgIpc) is 2.60. The molecule has 1 amide bonds. The van der Waals surface area contributed by atoms with E-state index in [0.29, 0.717) is 12.3 Å². The minimum atomic E-state index is -0.719.